The normalized spacial score (nSPS) is 11.5. The Kier molecular flexibility index (Phi) is 6.42. The van der Waals surface area contributed by atoms with E-state index in [0.717, 1.165) is 68.8 Å². The van der Waals surface area contributed by atoms with Gasteiger partial charge in [-0.25, -0.2) is 9.37 Å². The molecule has 0 fully saturated rings. The molecule has 0 aliphatic heterocycles. The minimum atomic E-state index is -0.283. The molecule has 9 heteroatoms. The summed E-state index contributed by atoms with van der Waals surface area (Å²) in [5, 5.41) is 12.0. The van der Waals surface area contributed by atoms with Gasteiger partial charge in [-0.2, -0.15) is 5.10 Å². The lowest BCUT2D eigenvalue weighted by Gasteiger charge is -2.13. The van der Waals surface area contributed by atoms with Gasteiger partial charge < -0.3 is 19.9 Å². The molecule has 0 atom stereocenters. The lowest BCUT2D eigenvalue weighted by Crippen LogP contribution is -2.20. The molecule has 0 saturated carbocycles. The zero-order chi connectivity index (χ0) is 26.9. The fourth-order valence-electron chi connectivity index (χ4n) is 4.72. The molecule has 8 nitrogen and oxygen atoms in total. The van der Waals surface area contributed by atoms with E-state index in [0.29, 0.717) is 11.4 Å². The molecule has 0 aliphatic carbocycles. The van der Waals surface area contributed by atoms with Crippen LogP contribution in [0, 0.1) is 5.82 Å². The Bertz CT molecular complexity index is 1790. The molecule has 3 N–H and O–H groups in total. The molecule has 0 saturated heterocycles. The Morgan fingerprint density at radius 1 is 0.974 bits per heavy atom. The highest BCUT2D eigenvalue weighted by Crippen LogP contribution is 2.35. The zero-order valence-electron chi connectivity index (χ0n) is 21.9. The maximum Gasteiger partial charge on any atom is 0.137 e. The standard InChI is InChI=1S/C30H28FN7O/c1-38(2)10-9-33-21-12-18(11-20(31)14-21)23-5-4-6-26-24(23)15-28(34-26)30-29-27(36-37-30)8-7-25(35-29)19-13-22(39-3)17-32-16-19/h4-8,11-17,33-34H,9-10H2,1-3H3,(H,36,37). The van der Waals surface area contributed by atoms with E-state index in [1.54, 1.807) is 25.6 Å². The molecule has 0 amide bonds. The monoisotopic (exact) mass is 521 g/mol. The maximum atomic E-state index is 14.6. The molecule has 4 aromatic heterocycles. The van der Waals surface area contributed by atoms with Crippen LogP contribution >= 0.6 is 0 Å². The quantitative estimate of drug-likeness (QED) is 0.229. The summed E-state index contributed by atoms with van der Waals surface area (Å²) in [6, 6.07) is 18.9. The van der Waals surface area contributed by atoms with Crippen LogP contribution in [0.25, 0.3) is 55.7 Å². The number of fused-ring (bicyclic) bond motifs is 2. The highest BCUT2D eigenvalue weighted by Gasteiger charge is 2.16. The molecule has 39 heavy (non-hydrogen) atoms. The maximum absolute atomic E-state index is 14.6. The van der Waals surface area contributed by atoms with Gasteiger partial charge in [0, 0.05) is 41.4 Å². The topological polar surface area (TPSA) is 94.7 Å². The third-order valence-electron chi connectivity index (χ3n) is 6.67. The van der Waals surface area contributed by atoms with Crippen molar-refractivity contribution in [2.75, 3.05) is 39.6 Å². The van der Waals surface area contributed by atoms with Gasteiger partial charge in [-0.1, -0.05) is 12.1 Å². The third-order valence-corrected chi connectivity index (χ3v) is 6.67. The molecule has 4 heterocycles. The SMILES string of the molecule is COc1cncc(-c2ccc3[nH]nc(-c4cc5c(-c6cc(F)cc(NCCN(C)C)c6)cccc5[nH]4)c3n2)c1. The summed E-state index contributed by atoms with van der Waals surface area (Å²) >= 11 is 0. The molecule has 0 spiro atoms. The number of H-pyrrole nitrogens is 2. The van der Waals surface area contributed by atoms with Crippen molar-refractivity contribution >= 4 is 27.6 Å². The lowest BCUT2D eigenvalue weighted by atomic mass is 10.0. The number of ether oxygens (including phenoxy) is 1. The number of benzene rings is 2. The molecular weight excluding hydrogens is 493 g/mol. The summed E-state index contributed by atoms with van der Waals surface area (Å²) in [4.78, 5) is 14.7. The predicted octanol–water partition coefficient (Wildman–Crippen LogP) is 5.96. The zero-order valence-corrected chi connectivity index (χ0v) is 21.9. The van der Waals surface area contributed by atoms with Crippen molar-refractivity contribution in [2.45, 2.75) is 0 Å². The van der Waals surface area contributed by atoms with Crippen molar-refractivity contribution in [1.29, 1.82) is 0 Å². The molecule has 0 bridgehead atoms. The van der Waals surface area contributed by atoms with Crippen molar-refractivity contribution < 1.29 is 9.13 Å². The average Bonchev–Trinajstić information content (AvgIpc) is 3.56. The van der Waals surface area contributed by atoms with Crippen molar-refractivity contribution in [1.82, 2.24) is 30.0 Å². The van der Waals surface area contributed by atoms with E-state index in [1.807, 2.05) is 62.6 Å². The lowest BCUT2D eigenvalue weighted by molar-refractivity contribution is 0.413. The van der Waals surface area contributed by atoms with Gasteiger partial charge in [0.15, 0.2) is 0 Å². The fourth-order valence-corrected chi connectivity index (χ4v) is 4.72. The van der Waals surface area contributed by atoms with Gasteiger partial charge in [-0.05, 0) is 73.8 Å². The molecule has 2 aromatic carbocycles. The van der Waals surface area contributed by atoms with Crippen LogP contribution < -0.4 is 10.1 Å². The number of hydrogen-bond acceptors (Lipinski definition) is 6. The molecule has 0 radical (unpaired) electrons. The first-order valence-electron chi connectivity index (χ1n) is 12.6. The summed E-state index contributed by atoms with van der Waals surface area (Å²) in [5.41, 5.74) is 8.11. The number of nitrogens with zero attached hydrogens (tertiary/aromatic N) is 4. The van der Waals surface area contributed by atoms with Gasteiger partial charge in [0.2, 0.25) is 0 Å². The van der Waals surface area contributed by atoms with Crippen LogP contribution in [0.15, 0.2) is 73.1 Å². The second-order valence-electron chi connectivity index (χ2n) is 9.69. The number of halogens is 1. The van der Waals surface area contributed by atoms with Crippen molar-refractivity contribution in [3.8, 4) is 39.5 Å². The first-order valence-corrected chi connectivity index (χ1v) is 12.6. The number of likely N-dealkylation sites (N-methyl/N-ethyl adjacent to an activating group) is 1. The Hall–Kier alpha value is -4.76. The Morgan fingerprint density at radius 3 is 2.72 bits per heavy atom. The van der Waals surface area contributed by atoms with Crippen LogP contribution in [0.3, 0.4) is 0 Å². The van der Waals surface area contributed by atoms with Gasteiger partial charge in [0.05, 0.1) is 30.2 Å². The first kappa shape index (κ1) is 24.6. The van der Waals surface area contributed by atoms with Crippen molar-refractivity contribution in [3.63, 3.8) is 0 Å². The number of hydrogen-bond donors (Lipinski definition) is 3. The summed E-state index contributed by atoms with van der Waals surface area (Å²) < 4.78 is 20.0. The Labute approximate surface area is 224 Å². The predicted molar refractivity (Wildman–Crippen MR) is 153 cm³/mol. The number of nitrogens with one attached hydrogen (secondary N) is 3. The van der Waals surface area contributed by atoms with Crippen LogP contribution in [0.1, 0.15) is 0 Å². The number of methoxy groups -OCH3 is 1. The number of aromatic amines is 2. The van der Waals surface area contributed by atoms with E-state index in [4.69, 9.17) is 9.72 Å². The summed E-state index contributed by atoms with van der Waals surface area (Å²) in [6.07, 6.45) is 3.42. The second kappa shape index (κ2) is 10.2. The van der Waals surface area contributed by atoms with Gasteiger partial charge in [0.1, 0.15) is 22.8 Å². The smallest absolute Gasteiger partial charge is 0.137 e. The van der Waals surface area contributed by atoms with Crippen LogP contribution in [0.5, 0.6) is 5.75 Å². The van der Waals surface area contributed by atoms with Crippen LogP contribution in [0.2, 0.25) is 0 Å². The van der Waals surface area contributed by atoms with Crippen molar-refractivity contribution in [2.24, 2.45) is 0 Å². The van der Waals surface area contributed by atoms with Gasteiger partial charge >= 0.3 is 0 Å². The van der Waals surface area contributed by atoms with E-state index < -0.39 is 0 Å². The molecule has 196 valence electrons. The number of rotatable bonds is 8. The fraction of sp³-hybridized carbons (Fsp3) is 0.167. The molecule has 0 unspecified atom stereocenters. The summed E-state index contributed by atoms with van der Waals surface area (Å²) in [5.74, 6) is 0.382. The van der Waals surface area contributed by atoms with Gasteiger partial charge in [-0.3, -0.25) is 10.1 Å². The number of pyridine rings is 2. The highest BCUT2D eigenvalue weighted by atomic mass is 19.1. The van der Waals surface area contributed by atoms with Crippen LogP contribution in [0.4, 0.5) is 10.1 Å². The first-order chi connectivity index (χ1) is 19.0. The average molecular weight is 522 g/mol. The third kappa shape index (κ3) is 4.92. The van der Waals surface area contributed by atoms with Gasteiger partial charge in [0.25, 0.3) is 0 Å². The number of aromatic nitrogens is 5. The Balaban J connectivity index is 1.40. The van der Waals surface area contributed by atoms with Gasteiger partial charge in [-0.15, -0.1) is 0 Å². The molecular formula is C30H28FN7O. The minimum absolute atomic E-state index is 0.283. The molecule has 6 aromatic rings. The molecule has 6 rings (SSSR count). The van der Waals surface area contributed by atoms with Crippen LogP contribution in [-0.2, 0) is 0 Å². The van der Waals surface area contributed by atoms with E-state index in [1.165, 1.54) is 6.07 Å². The van der Waals surface area contributed by atoms with Crippen molar-refractivity contribution in [3.05, 3.63) is 78.9 Å². The Morgan fingerprint density at radius 2 is 1.87 bits per heavy atom. The molecule has 0 aliphatic rings. The van der Waals surface area contributed by atoms with E-state index in [2.05, 4.69) is 30.4 Å². The van der Waals surface area contributed by atoms with E-state index in [-0.39, 0.29) is 5.82 Å². The highest BCUT2D eigenvalue weighted by molar-refractivity contribution is 6.00. The second-order valence-corrected chi connectivity index (χ2v) is 9.69. The van der Waals surface area contributed by atoms with E-state index in [9.17, 15) is 4.39 Å². The largest absolute Gasteiger partial charge is 0.495 e. The summed E-state index contributed by atoms with van der Waals surface area (Å²) in [6.45, 7) is 1.58. The minimum Gasteiger partial charge on any atom is -0.495 e. The van der Waals surface area contributed by atoms with E-state index >= 15 is 0 Å². The number of anilines is 1. The summed E-state index contributed by atoms with van der Waals surface area (Å²) in [7, 11) is 5.64. The van der Waals surface area contributed by atoms with Crippen LogP contribution in [-0.4, -0.2) is 64.3 Å².